The van der Waals surface area contributed by atoms with Gasteiger partial charge in [-0.3, -0.25) is 10.1 Å². The quantitative estimate of drug-likeness (QED) is 0.541. The van der Waals surface area contributed by atoms with Gasteiger partial charge in [0, 0.05) is 31.1 Å². The lowest BCUT2D eigenvalue weighted by molar-refractivity contribution is -0.131. The number of hydrogen-bond donors (Lipinski definition) is 1. The van der Waals surface area contributed by atoms with Crippen LogP contribution >= 0.6 is 11.3 Å². The summed E-state index contributed by atoms with van der Waals surface area (Å²) in [6.07, 6.45) is 0. The van der Waals surface area contributed by atoms with Crippen LogP contribution < -0.4 is 5.32 Å². The number of thiophene rings is 1. The lowest BCUT2D eigenvalue weighted by atomic mass is 10.1. The van der Waals surface area contributed by atoms with Crippen molar-refractivity contribution < 1.29 is 17.6 Å². The molecule has 7 nitrogen and oxygen atoms in total. The number of nitrogens with zero attached hydrogens (tertiary/aromatic N) is 3. The van der Waals surface area contributed by atoms with E-state index in [1.54, 1.807) is 40.5 Å². The Morgan fingerprint density at radius 1 is 1.06 bits per heavy atom. The molecule has 0 spiro atoms. The van der Waals surface area contributed by atoms with Gasteiger partial charge in [0.05, 0.1) is 23.0 Å². The number of hydrogen-bond acceptors (Lipinski definition) is 6. The van der Waals surface area contributed by atoms with E-state index in [-0.39, 0.29) is 60.9 Å². The van der Waals surface area contributed by atoms with Crippen LogP contribution in [-0.2, 0) is 14.8 Å². The summed E-state index contributed by atoms with van der Waals surface area (Å²) in [6, 6.07) is 17.8. The number of carbonyl (C=O) groups is 1. The Bertz CT molecular complexity index is 1280. The largest absolute Gasteiger partial charge is 0.339 e. The number of piperazine rings is 1. The Kier molecular flexibility index (Phi) is 7.38. The molecule has 1 N–H and O–H groups in total. The first kappa shape index (κ1) is 24.0. The monoisotopic (exact) mass is 498 g/mol. The number of sulfonamides is 1. The molecular formula is C24H23FN4O3S2. The predicted octanol–water partition coefficient (Wildman–Crippen LogP) is 2.97. The van der Waals surface area contributed by atoms with Crippen molar-refractivity contribution in [3.63, 3.8) is 0 Å². The molecule has 4 rings (SSSR count). The fourth-order valence-electron chi connectivity index (χ4n) is 3.90. The number of carbonyl (C=O) groups excluding carboxylic acids is 1. The van der Waals surface area contributed by atoms with Gasteiger partial charge in [0.25, 0.3) is 0 Å². The van der Waals surface area contributed by atoms with Gasteiger partial charge in [-0.05, 0) is 41.3 Å². The molecule has 0 unspecified atom stereocenters. The molecule has 0 aliphatic carbocycles. The van der Waals surface area contributed by atoms with E-state index in [4.69, 9.17) is 0 Å². The molecule has 0 radical (unpaired) electrons. The van der Waals surface area contributed by atoms with Gasteiger partial charge >= 0.3 is 0 Å². The van der Waals surface area contributed by atoms with Crippen LogP contribution in [-0.4, -0.2) is 56.3 Å². The van der Waals surface area contributed by atoms with Crippen LogP contribution in [0.1, 0.15) is 22.0 Å². The van der Waals surface area contributed by atoms with E-state index in [9.17, 15) is 22.9 Å². The third-order valence-electron chi connectivity index (χ3n) is 5.71. The minimum absolute atomic E-state index is 0.0166. The molecule has 2 heterocycles. The number of benzene rings is 2. The van der Waals surface area contributed by atoms with E-state index >= 15 is 0 Å². The van der Waals surface area contributed by atoms with Crippen molar-refractivity contribution in [2.24, 2.45) is 0 Å². The molecule has 1 fully saturated rings. The molecule has 34 heavy (non-hydrogen) atoms. The maximum absolute atomic E-state index is 13.4. The third-order valence-corrected chi connectivity index (χ3v) is 8.60. The summed E-state index contributed by atoms with van der Waals surface area (Å²) in [7, 11) is -3.82. The molecule has 3 aromatic rings. The summed E-state index contributed by atoms with van der Waals surface area (Å²) < 4.78 is 40.7. The zero-order valence-electron chi connectivity index (χ0n) is 18.2. The maximum Gasteiger partial charge on any atom is 0.244 e. The Morgan fingerprint density at radius 3 is 2.41 bits per heavy atom. The van der Waals surface area contributed by atoms with E-state index in [0.717, 1.165) is 10.4 Å². The first-order valence-corrected chi connectivity index (χ1v) is 13.0. The normalized spacial score (nSPS) is 15.6. The molecule has 1 amide bonds. The Hall–Kier alpha value is -3.10. The average molecular weight is 499 g/mol. The highest BCUT2D eigenvalue weighted by Gasteiger charge is 2.31. The molecule has 0 bridgehead atoms. The van der Waals surface area contributed by atoms with E-state index in [1.165, 1.54) is 28.6 Å². The maximum atomic E-state index is 13.4. The second kappa shape index (κ2) is 10.4. The zero-order chi connectivity index (χ0) is 24.1. The predicted molar refractivity (Wildman–Crippen MR) is 127 cm³/mol. The van der Waals surface area contributed by atoms with Crippen molar-refractivity contribution in [1.82, 2.24) is 14.5 Å². The fourth-order valence-corrected chi connectivity index (χ4v) is 6.29. The van der Waals surface area contributed by atoms with Gasteiger partial charge in [-0.15, -0.1) is 11.3 Å². The van der Waals surface area contributed by atoms with Crippen molar-refractivity contribution in [2.45, 2.75) is 10.9 Å². The molecular weight excluding hydrogens is 475 g/mol. The number of nitrogens with one attached hydrogen (secondary N) is 1. The Morgan fingerprint density at radius 2 is 1.76 bits per heavy atom. The standard InChI is InChI=1S/C24H23FN4O3S2/c25-20-9-7-18(8-10-20)24(21-5-3-15-33-21)27-17-23(30)28-11-13-29(14-12-28)34(31,32)22-6-2-1-4-19(22)16-26/h1-10,15,24,27H,11-14,17H2/t24-/m0/s1. The van der Waals surface area contributed by atoms with E-state index < -0.39 is 10.0 Å². The smallest absolute Gasteiger partial charge is 0.244 e. The van der Waals surface area contributed by atoms with Crippen molar-refractivity contribution in [3.05, 3.63) is 87.9 Å². The van der Waals surface area contributed by atoms with Crippen molar-refractivity contribution in [3.8, 4) is 6.07 Å². The summed E-state index contributed by atoms with van der Waals surface area (Å²) in [5, 5.41) is 14.5. The van der Waals surface area contributed by atoms with Gasteiger partial charge in [-0.25, -0.2) is 12.8 Å². The lowest BCUT2D eigenvalue weighted by Crippen LogP contribution is -2.52. The van der Waals surface area contributed by atoms with Gasteiger partial charge < -0.3 is 4.90 Å². The van der Waals surface area contributed by atoms with Gasteiger partial charge in [0.2, 0.25) is 15.9 Å². The van der Waals surface area contributed by atoms with E-state index in [2.05, 4.69) is 5.32 Å². The van der Waals surface area contributed by atoms with E-state index in [0.29, 0.717) is 0 Å². The minimum Gasteiger partial charge on any atom is -0.339 e. The first-order valence-electron chi connectivity index (χ1n) is 10.7. The van der Waals surface area contributed by atoms with Crippen LogP contribution in [0.2, 0.25) is 0 Å². The SMILES string of the molecule is N#Cc1ccccc1S(=O)(=O)N1CCN(C(=O)CN[C@@H](c2ccc(F)cc2)c2cccs2)CC1. The number of amides is 1. The van der Waals surface area contributed by atoms with Gasteiger partial charge in [0.15, 0.2) is 0 Å². The number of halogens is 1. The Labute approximate surface area is 202 Å². The van der Waals surface area contributed by atoms with Crippen molar-refractivity contribution in [1.29, 1.82) is 5.26 Å². The first-order chi connectivity index (χ1) is 16.4. The second-order valence-corrected chi connectivity index (χ2v) is 10.7. The highest BCUT2D eigenvalue weighted by Crippen LogP contribution is 2.26. The van der Waals surface area contributed by atoms with Crippen LogP contribution in [0.4, 0.5) is 4.39 Å². The lowest BCUT2D eigenvalue weighted by Gasteiger charge is -2.34. The van der Waals surface area contributed by atoms with Crippen LogP contribution in [0.3, 0.4) is 0 Å². The highest BCUT2D eigenvalue weighted by atomic mass is 32.2. The van der Waals surface area contributed by atoms with Crippen LogP contribution in [0.15, 0.2) is 70.9 Å². The summed E-state index contributed by atoms with van der Waals surface area (Å²) in [6.45, 7) is 0.883. The van der Waals surface area contributed by atoms with Gasteiger partial charge in [-0.1, -0.05) is 30.3 Å². The van der Waals surface area contributed by atoms with Crippen molar-refractivity contribution >= 4 is 27.3 Å². The summed E-state index contributed by atoms with van der Waals surface area (Å²) in [5.41, 5.74) is 0.953. The number of rotatable bonds is 7. The molecule has 176 valence electrons. The molecule has 1 aromatic heterocycles. The molecule has 1 saturated heterocycles. The molecule has 10 heteroatoms. The average Bonchev–Trinajstić information content (AvgIpc) is 3.40. The molecule has 1 aliphatic rings. The summed E-state index contributed by atoms with van der Waals surface area (Å²) in [5.74, 6) is -0.465. The second-order valence-electron chi connectivity index (χ2n) is 7.77. The fraction of sp³-hybridized carbons (Fsp3) is 0.250. The summed E-state index contributed by atoms with van der Waals surface area (Å²) >= 11 is 1.54. The molecule has 0 saturated carbocycles. The molecule has 1 aliphatic heterocycles. The zero-order valence-corrected chi connectivity index (χ0v) is 19.9. The van der Waals surface area contributed by atoms with Crippen molar-refractivity contribution in [2.75, 3.05) is 32.7 Å². The highest BCUT2D eigenvalue weighted by molar-refractivity contribution is 7.89. The molecule has 2 aromatic carbocycles. The minimum atomic E-state index is -3.82. The van der Waals surface area contributed by atoms with Gasteiger partial charge in [0.1, 0.15) is 11.9 Å². The molecule has 1 atom stereocenters. The van der Waals surface area contributed by atoms with Gasteiger partial charge in [-0.2, -0.15) is 9.57 Å². The topological polar surface area (TPSA) is 93.5 Å². The van der Waals surface area contributed by atoms with Crippen LogP contribution in [0.25, 0.3) is 0 Å². The van der Waals surface area contributed by atoms with E-state index in [1.807, 2.05) is 23.6 Å². The van der Waals surface area contributed by atoms with Crippen LogP contribution in [0.5, 0.6) is 0 Å². The Balaban J connectivity index is 1.39. The third kappa shape index (κ3) is 5.18. The van der Waals surface area contributed by atoms with Crippen LogP contribution in [0, 0.1) is 17.1 Å². The summed E-state index contributed by atoms with van der Waals surface area (Å²) in [4.78, 5) is 15.5. The number of nitriles is 1.